The number of nitrogens with one attached hydrogen (secondary N) is 2. The third-order valence-electron chi connectivity index (χ3n) is 5.57. The van der Waals surface area contributed by atoms with Gasteiger partial charge in [0.1, 0.15) is 5.02 Å². The van der Waals surface area contributed by atoms with Gasteiger partial charge in [0.15, 0.2) is 0 Å². The highest BCUT2D eigenvalue weighted by atomic mass is 35.5. The predicted octanol–water partition coefficient (Wildman–Crippen LogP) is 4.42. The van der Waals surface area contributed by atoms with Gasteiger partial charge in [0.05, 0.1) is 53.7 Å². The number of fused-ring (bicyclic) bond motifs is 1. The van der Waals surface area contributed by atoms with Crippen LogP contribution in [0.25, 0.3) is 10.9 Å². The molecule has 3 aromatic rings. The van der Waals surface area contributed by atoms with E-state index in [4.69, 9.17) is 21.1 Å². The second-order valence-electron chi connectivity index (χ2n) is 7.61. The SMILES string of the molecule is COc1ncc(NC(=O)Nc2cnc3ccc(C#N)cc3c2N(C)C2CCOCC2)cc1Cl. The zero-order chi connectivity index (χ0) is 23.4. The number of benzene rings is 1. The van der Waals surface area contributed by atoms with Gasteiger partial charge in [-0.2, -0.15) is 5.26 Å². The summed E-state index contributed by atoms with van der Waals surface area (Å²) in [6, 6.07) is 8.82. The quantitative estimate of drug-likeness (QED) is 0.572. The number of halogens is 1. The number of pyridine rings is 2. The smallest absolute Gasteiger partial charge is 0.323 e. The van der Waals surface area contributed by atoms with E-state index in [1.165, 1.54) is 13.3 Å². The summed E-state index contributed by atoms with van der Waals surface area (Å²) in [4.78, 5) is 23.5. The summed E-state index contributed by atoms with van der Waals surface area (Å²) in [6.07, 6.45) is 4.80. The standard InChI is InChI=1S/C23H23ClN6O3/c1-30(16-5-7-33-8-6-16)21-17-9-14(11-25)3-4-19(17)26-13-20(21)29-23(31)28-15-10-18(24)22(32-2)27-12-15/h3-4,9-10,12-13,16H,5-8H2,1-2H3,(H2,28,29,31). The fourth-order valence-corrected chi connectivity index (χ4v) is 4.15. The maximum atomic E-state index is 12.8. The highest BCUT2D eigenvalue weighted by Crippen LogP contribution is 2.36. The van der Waals surface area contributed by atoms with E-state index in [1.807, 2.05) is 13.1 Å². The molecule has 4 rings (SSSR count). The summed E-state index contributed by atoms with van der Waals surface area (Å²) < 4.78 is 10.6. The number of amides is 2. The Bertz CT molecular complexity index is 1220. The van der Waals surface area contributed by atoms with Crippen molar-refractivity contribution < 1.29 is 14.3 Å². The summed E-state index contributed by atoms with van der Waals surface area (Å²) in [5.74, 6) is 0.273. The number of urea groups is 1. The summed E-state index contributed by atoms with van der Waals surface area (Å²) in [7, 11) is 3.45. The molecule has 1 saturated heterocycles. The van der Waals surface area contributed by atoms with Gasteiger partial charge in [0, 0.05) is 31.7 Å². The number of carbonyl (C=O) groups excluding carboxylic acids is 1. The molecule has 0 spiro atoms. The van der Waals surface area contributed by atoms with Crippen molar-refractivity contribution in [2.45, 2.75) is 18.9 Å². The first-order valence-electron chi connectivity index (χ1n) is 10.4. The van der Waals surface area contributed by atoms with Gasteiger partial charge < -0.3 is 25.0 Å². The molecule has 9 nitrogen and oxygen atoms in total. The van der Waals surface area contributed by atoms with E-state index in [0.717, 1.165) is 29.4 Å². The van der Waals surface area contributed by atoms with Gasteiger partial charge in [-0.25, -0.2) is 9.78 Å². The third-order valence-corrected chi connectivity index (χ3v) is 5.84. The number of carbonyl (C=O) groups is 1. The Morgan fingerprint density at radius 3 is 2.73 bits per heavy atom. The molecule has 2 N–H and O–H groups in total. The molecule has 1 aliphatic rings. The van der Waals surface area contributed by atoms with Gasteiger partial charge in [-0.15, -0.1) is 0 Å². The second-order valence-corrected chi connectivity index (χ2v) is 8.02. The molecule has 0 saturated carbocycles. The van der Waals surface area contributed by atoms with Crippen LogP contribution in [0.2, 0.25) is 5.02 Å². The zero-order valence-corrected chi connectivity index (χ0v) is 19.0. The topological polar surface area (TPSA) is 112 Å². The molecule has 1 aromatic carbocycles. The Morgan fingerprint density at radius 1 is 1.24 bits per heavy atom. The number of rotatable bonds is 5. The highest BCUT2D eigenvalue weighted by molar-refractivity contribution is 6.32. The first-order chi connectivity index (χ1) is 16.0. The molecule has 2 amide bonds. The third kappa shape index (κ3) is 4.92. The number of aromatic nitrogens is 2. The van der Waals surface area contributed by atoms with Crippen LogP contribution < -0.4 is 20.3 Å². The van der Waals surface area contributed by atoms with Gasteiger partial charge >= 0.3 is 6.03 Å². The lowest BCUT2D eigenvalue weighted by molar-refractivity contribution is 0.0855. The van der Waals surface area contributed by atoms with Crippen molar-refractivity contribution in [2.24, 2.45) is 0 Å². The molecule has 10 heteroatoms. The zero-order valence-electron chi connectivity index (χ0n) is 18.3. The lowest BCUT2D eigenvalue weighted by Gasteiger charge is -2.34. The Balaban J connectivity index is 1.67. The van der Waals surface area contributed by atoms with E-state index in [1.54, 1.807) is 24.4 Å². The number of nitrogens with zero attached hydrogens (tertiary/aromatic N) is 4. The van der Waals surface area contributed by atoms with E-state index < -0.39 is 6.03 Å². The van der Waals surface area contributed by atoms with Crippen LogP contribution in [-0.2, 0) is 4.74 Å². The maximum absolute atomic E-state index is 12.8. The predicted molar refractivity (Wildman–Crippen MR) is 127 cm³/mol. The molecule has 0 unspecified atom stereocenters. The number of methoxy groups -OCH3 is 1. The number of anilines is 3. The van der Waals surface area contributed by atoms with E-state index >= 15 is 0 Å². The second kappa shape index (κ2) is 9.90. The maximum Gasteiger partial charge on any atom is 0.323 e. The number of nitriles is 1. The van der Waals surface area contributed by atoms with Gasteiger partial charge in [0.25, 0.3) is 0 Å². The normalized spacial score (nSPS) is 13.9. The molecule has 1 aliphatic heterocycles. The lowest BCUT2D eigenvalue weighted by Crippen LogP contribution is -2.37. The Hall–Kier alpha value is -3.61. The monoisotopic (exact) mass is 466 g/mol. The molecule has 1 fully saturated rings. The van der Waals surface area contributed by atoms with Crippen LogP contribution >= 0.6 is 11.6 Å². The van der Waals surface area contributed by atoms with E-state index in [2.05, 4.69) is 31.6 Å². The van der Waals surface area contributed by atoms with Crippen LogP contribution in [0.1, 0.15) is 18.4 Å². The Morgan fingerprint density at radius 2 is 2.03 bits per heavy atom. The summed E-state index contributed by atoms with van der Waals surface area (Å²) in [5, 5.41) is 16.1. The lowest BCUT2D eigenvalue weighted by atomic mass is 10.0. The average molecular weight is 467 g/mol. The van der Waals surface area contributed by atoms with Crippen molar-refractivity contribution >= 4 is 45.6 Å². The van der Waals surface area contributed by atoms with Gasteiger partial charge in [-0.1, -0.05) is 11.6 Å². The van der Waals surface area contributed by atoms with E-state index in [9.17, 15) is 10.1 Å². The van der Waals surface area contributed by atoms with Crippen molar-refractivity contribution in [2.75, 3.05) is 42.9 Å². The van der Waals surface area contributed by atoms with E-state index in [0.29, 0.717) is 30.2 Å². The van der Waals surface area contributed by atoms with Crippen molar-refractivity contribution in [1.82, 2.24) is 9.97 Å². The van der Waals surface area contributed by atoms with Crippen LogP contribution in [0.4, 0.5) is 21.9 Å². The molecular weight excluding hydrogens is 444 g/mol. The average Bonchev–Trinajstić information content (AvgIpc) is 2.83. The van der Waals surface area contributed by atoms with Crippen molar-refractivity contribution in [3.05, 3.63) is 47.2 Å². The molecule has 170 valence electrons. The molecule has 0 bridgehead atoms. The number of hydrogen-bond acceptors (Lipinski definition) is 7. The highest BCUT2D eigenvalue weighted by Gasteiger charge is 2.24. The minimum absolute atomic E-state index is 0.225. The molecule has 0 aliphatic carbocycles. The van der Waals surface area contributed by atoms with Crippen LogP contribution in [-0.4, -0.2) is 49.4 Å². The van der Waals surface area contributed by atoms with E-state index in [-0.39, 0.29) is 16.9 Å². The molecule has 0 atom stereocenters. The number of hydrogen-bond donors (Lipinski definition) is 2. The summed E-state index contributed by atoms with van der Waals surface area (Å²) in [6.45, 7) is 1.35. The Labute approximate surface area is 196 Å². The van der Waals surface area contributed by atoms with Crippen LogP contribution in [0, 0.1) is 11.3 Å². The van der Waals surface area contributed by atoms with Crippen molar-refractivity contribution in [3.8, 4) is 11.9 Å². The summed E-state index contributed by atoms with van der Waals surface area (Å²) >= 11 is 6.11. The van der Waals surface area contributed by atoms with Gasteiger partial charge in [-0.3, -0.25) is 4.98 Å². The fourth-order valence-electron chi connectivity index (χ4n) is 3.90. The first kappa shape index (κ1) is 22.6. The number of ether oxygens (including phenoxy) is 2. The van der Waals surface area contributed by atoms with Gasteiger partial charge in [-0.05, 0) is 37.1 Å². The fraction of sp³-hybridized carbons (Fsp3) is 0.304. The molecule has 3 heterocycles. The van der Waals surface area contributed by atoms with Crippen LogP contribution in [0.5, 0.6) is 5.88 Å². The molecule has 33 heavy (non-hydrogen) atoms. The van der Waals surface area contributed by atoms with Gasteiger partial charge in [0.2, 0.25) is 5.88 Å². The summed E-state index contributed by atoms with van der Waals surface area (Å²) in [5.41, 5.74) is 2.99. The molecule has 0 radical (unpaired) electrons. The molecular formula is C23H23ClN6O3. The first-order valence-corrected chi connectivity index (χ1v) is 10.8. The Kier molecular flexibility index (Phi) is 6.77. The van der Waals surface area contributed by atoms with Crippen LogP contribution in [0.3, 0.4) is 0 Å². The van der Waals surface area contributed by atoms with Crippen molar-refractivity contribution in [1.29, 1.82) is 5.26 Å². The molecule has 2 aromatic heterocycles. The minimum Gasteiger partial charge on any atom is -0.480 e. The minimum atomic E-state index is -0.475. The van der Waals surface area contributed by atoms with Crippen LogP contribution in [0.15, 0.2) is 36.7 Å². The largest absolute Gasteiger partial charge is 0.480 e. The van der Waals surface area contributed by atoms with Crippen molar-refractivity contribution in [3.63, 3.8) is 0 Å².